The lowest BCUT2D eigenvalue weighted by Crippen LogP contribution is -1.79. The van der Waals surface area contributed by atoms with Crippen LogP contribution in [0.25, 0.3) is 21.5 Å². The molecule has 0 atom stereocenters. The molecule has 0 radical (unpaired) electrons. The smallest absolute Gasteiger partial charge is 0.0412 e. The van der Waals surface area contributed by atoms with Gasteiger partial charge in [0.2, 0.25) is 0 Å². The highest BCUT2D eigenvalue weighted by molar-refractivity contribution is 9.10. The molecule has 0 aliphatic heterocycles. The highest BCUT2D eigenvalue weighted by atomic mass is 79.9. The van der Waals surface area contributed by atoms with E-state index in [2.05, 4.69) is 52.3 Å². The number of hydrogen-bond acceptors (Lipinski definition) is 0. The molecule has 0 amide bonds. The van der Waals surface area contributed by atoms with Gasteiger partial charge in [-0.15, -0.1) is 0 Å². The van der Waals surface area contributed by atoms with E-state index in [0.29, 0.717) is 0 Å². The molecule has 0 aliphatic rings. The Morgan fingerprint density at radius 3 is 2.50 bits per heavy atom. The minimum atomic E-state index is 0.767. The van der Waals surface area contributed by atoms with E-state index in [1.165, 1.54) is 16.2 Å². The van der Waals surface area contributed by atoms with Crippen LogP contribution < -0.4 is 0 Å². The van der Waals surface area contributed by atoms with Crippen molar-refractivity contribution in [3.05, 3.63) is 58.0 Å². The molecule has 0 N–H and O–H groups in total. The van der Waals surface area contributed by atoms with Gasteiger partial charge >= 0.3 is 0 Å². The molecule has 0 heterocycles. The molecule has 0 bridgehead atoms. The lowest BCUT2D eigenvalue weighted by molar-refractivity contribution is 1.73. The van der Waals surface area contributed by atoms with Crippen LogP contribution in [0, 0.1) is 0 Å². The van der Waals surface area contributed by atoms with Crippen molar-refractivity contribution in [2.45, 2.75) is 0 Å². The standard InChI is InChI=1S/C14H8BrCl/c15-14-7-9-3-1-2-4-11(9)12-6-5-10(16)8-13(12)14/h1-8H. The fourth-order valence-electron chi connectivity index (χ4n) is 2.03. The summed E-state index contributed by atoms with van der Waals surface area (Å²) >= 11 is 9.61. The van der Waals surface area contributed by atoms with E-state index in [-0.39, 0.29) is 0 Å². The Labute approximate surface area is 107 Å². The highest BCUT2D eigenvalue weighted by Gasteiger charge is 2.04. The molecule has 3 aromatic carbocycles. The number of fused-ring (bicyclic) bond motifs is 3. The summed E-state index contributed by atoms with van der Waals surface area (Å²) < 4.78 is 1.09. The van der Waals surface area contributed by atoms with Gasteiger partial charge < -0.3 is 0 Å². The van der Waals surface area contributed by atoms with Crippen molar-refractivity contribution in [2.75, 3.05) is 0 Å². The van der Waals surface area contributed by atoms with E-state index in [9.17, 15) is 0 Å². The first-order chi connectivity index (χ1) is 7.75. The van der Waals surface area contributed by atoms with Crippen LogP contribution in [-0.2, 0) is 0 Å². The third kappa shape index (κ3) is 1.51. The first-order valence-electron chi connectivity index (χ1n) is 5.02. The number of halogens is 2. The molecule has 0 unspecified atom stereocenters. The molecule has 0 fully saturated rings. The Bertz CT molecular complexity index is 689. The van der Waals surface area contributed by atoms with Gasteiger partial charge in [-0.25, -0.2) is 0 Å². The molecule has 16 heavy (non-hydrogen) atoms. The molecule has 3 rings (SSSR count). The number of rotatable bonds is 0. The lowest BCUT2D eigenvalue weighted by Gasteiger charge is -2.06. The van der Waals surface area contributed by atoms with Crippen molar-refractivity contribution in [3.8, 4) is 0 Å². The topological polar surface area (TPSA) is 0 Å². The highest BCUT2D eigenvalue weighted by Crippen LogP contribution is 2.33. The number of benzene rings is 3. The summed E-state index contributed by atoms with van der Waals surface area (Å²) in [4.78, 5) is 0. The average Bonchev–Trinajstić information content (AvgIpc) is 2.29. The normalized spacial score (nSPS) is 11.1. The van der Waals surface area contributed by atoms with E-state index >= 15 is 0 Å². The zero-order valence-electron chi connectivity index (χ0n) is 8.37. The summed E-state index contributed by atoms with van der Waals surface area (Å²) in [6.07, 6.45) is 0. The first-order valence-corrected chi connectivity index (χ1v) is 6.19. The monoisotopic (exact) mass is 290 g/mol. The molecule has 0 nitrogen and oxygen atoms in total. The minimum Gasteiger partial charge on any atom is -0.0843 e. The van der Waals surface area contributed by atoms with Crippen molar-refractivity contribution >= 4 is 49.1 Å². The van der Waals surface area contributed by atoms with Crippen molar-refractivity contribution in [3.63, 3.8) is 0 Å². The van der Waals surface area contributed by atoms with Crippen molar-refractivity contribution in [1.82, 2.24) is 0 Å². The summed E-state index contributed by atoms with van der Waals surface area (Å²) in [6.45, 7) is 0. The maximum Gasteiger partial charge on any atom is 0.0412 e. The quantitative estimate of drug-likeness (QED) is 0.486. The molecular formula is C14H8BrCl. The van der Waals surface area contributed by atoms with Gasteiger partial charge in [0.05, 0.1) is 0 Å². The second kappa shape index (κ2) is 3.76. The molecule has 78 valence electrons. The summed E-state index contributed by atoms with van der Waals surface area (Å²) in [5.74, 6) is 0. The van der Waals surface area contributed by atoms with E-state index in [1.54, 1.807) is 0 Å². The van der Waals surface area contributed by atoms with Crippen molar-refractivity contribution < 1.29 is 0 Å². The maximum atomic E-state index is 6.02. The Balaban J connectivity index is 2.59. The van der Waals surface area contributed by atoms with Crippen LogP contribution in [0.3, 0.4) is 0 Å². The summed E-state index contributed by atoms with van der Waals surface area (Å²) in [6, 6.07) is 16.5. The molecule has 0 aliphatic carbocycles. The predicted octanol–water partition coefficient (Wildman–Crippen LogP) is 5.41. The molecule has 2 heteroatoms. The van der Waals surface area contributed by atoms with Gasteiger partial charge in [0.15, 0.2) is 0 Å². The molecule has 0 saturated carbocycles. The summed E-state index contributed by atoms with van der Waals surface area (Å²) in [5, 5.41) is 5.66. The molecule has 0 saturated heterocycles. The second-order valence-corrected chi connectivity index (χ2v) is 5.06. The van der Waals surface area contributed by atoms with Gasteiger partial charge in [-0.2, -0.15) is 0 Å². The fourth-order valence-corrected chi connectivity index (χ4v) is 2.78. The molecule has 3 aromatic rings. The van der Waals surface area contributed by atoms with E-state index in [4.69, 9.17) is 11.6 Å². The predicted molar refractivity (Wildman–Crippen MR) is 74.2 cm³/mol. The van der Waals surface area contributed by atoms with Crippen LogP contribution in [0.1, 0.15) is 0 Å². The van der Waals surface area contributed by atoms with E-state index < -0.39 is 0 Å². The summed E-state index contributed by atoms with van der Waals surface area (Å²) in [7, 11) is 0. The van der Waals surface area contributed by atoms with Crippen LogP contribution in [0.15, 0.2) is 53.0 Å². The van der Waals surface area contributed by atoms with Gasteiger partial charge in [0, 0.05) is 9.50 Å². The Kier molecular flexibility index (Phi) is 2.38. The van der Waals surface area contributed by atoms with Crippen LogP contribution >= 0.6 is 27.5 Å². The Morgan fingerprint density at radius 2 is 1.62 bits per heavy atom. The van der Waals surface area contributed by atoms with Crippen LogP contribution in [0.4, 0.5) is 0 Å². The average molecular weight is 292 g/mol. The van der Waals surface area contributed by atoms with E-state index in [0.717, 1.165) is 14.9 Å². The largest absolute Gasteiger partial charge is 0.0843 e. The third-order valence-electron chi connectivity index (χ3n) is 2.77. The maximum absolute atomic E-state index is 6.02. The van der Waals surface area contributed by atoms with Gasteiger partial charge in [-0.1, -0.05) is 57.9 Å². The zero-order valence-corrected chi connectivity index (χ0v) is 10.7. The lowest BCUT2D eigenvalue weighted by atomic mass is 10.0. The Morgan fingerprint density at radius 1 is 0.812 bits per heavy atom. The number of hydrogen-bond donors (Lipinski definition) is 0. The summed E-state index contributed by atoms with van der Waals surface area (Å²) in [5.41, 5.74) is 0. The fraction of sp³-hybridized carbons (Fsp3) is 0. The van der Waals surface area contributed by atoms with E-state index in [1.807, 2.05) is 12.1 Å². The van der Waals surface area contributed by atoms with Crippen LogP contribution in [0.5, 0.6) is 0 Å². The van der Waals surface area contributed by atoms with Gasteiger partial charge in [0.25, 0.3) is 0 Å². The SMILES string of the molecule is Clc1ccc2c(c1)c(Br)cc1ccccc12. The second-order valence-electron chi connectivity index (χ2n) is 3.77. The van der Waals surface area contributed by atoms with Gasteiger partial charge in [0.1, 0.15) is 0 Å². The third-order valence-corrected chi connectivity index (χ3v) is 3.66. The van der Waals surface area contributed by atoms with Crippen molar-refractivity contribution in [1.29, 1.82) is 0 Å². The Hall–Kier alpha value is -1.05. The zero-order chi connectivity index (χ0) is 11.1. The molecule has 0 aromatic heterocycles. The first kappa shape index (κ1) is 10.1. The van der Waals surface area contributed by atoms with Gasteiger partial charge in [-0.3, -0.25) is 0 Å². The minimum absolute atomic E-state index is 0.767. The van der Waals surface area contributed by atoms with Crippen LogP contribution in [-0.4, -0.2) is 0 Å². The molecule has 0 spiro atoms. The van der Waals surface area contributed by atoms with Crippen molar-refractivity contribution in [2.24, 2.45) is 0 Å². The molecular weight excluding hydrogens is 284 g/mol. The van der Waals surface area contributed by atoms with Gasteiger partial charge in [-0.05, 0) is 39.7 Å². The van der Waals surface area contributed by atoms with Crippen LogP contribution in [0.2, 0.25) is 5.02 Å².